The van der Waals surface area contributed by atoms with Crippen LogP contribution in [0.15, 0.2) is 42.6 Å². The number of nitrogens with one attached hydrogen (secondary N) is 2. The molecule has 2 rings (SSSR count). The van der Waals surface area contributed by atoms with Gasteiger partial charge in [-0.1, -0.05) is 29.8 Å². The van der Waals surface area contributed by atoms with Gasteiger partial charge in [0.1, 0.15) is 5.69 Å². The Morgan fingerprint density at radius 1 is 1.04 bits per heavy atom. The van der Waals surface area contributed by atoms with E-state index in [9.17, 15) is 9.59 Å². The molecular weight excluding hydrogens is 302 g/mol. The minimum atomic E-state index is -0.339. The van der Waals surface area contributed by atoms with Crippen molar-refractivity contribution >= 4 is 11.8 Å². The first kappa shape index (κ1) is 17.7. The lowest BCUT2D eigenvalue weighted by molar-refractivity contribution is 0.0919. The van der Waals surface area contributed by atoms with Gasteiger partial charge >= 0.3 is 0 Å². The molecule has 0 aliphatic heterocycles. The third kappa shape index (κ3) is 5.19. The van der Waals surface area contributed by atoms with Crippen molar-refractivity contribution in [1.29, 1.82) is 0 Å². The van der Waals surface area contributed by atoms with E-state index in [4.69, 9.17) is 0 Å². The van der Waals surface area contributed by atoms with Crippen LogP contribution >= 0.6 is 0 Å². The summed E-state index contributed by atoms with van der Waals surface area (Å²) in [6.07, 6.45) is 1.47. The summed E-state index contributed by atoms with van der Waals surface area (Å²) in [6.45, 7) is 8.14. The number of benzene rings is 1. The molecule has 0 bridgehead atoms. The zero-order chi connectivity index (χ0) is 17.7. The molecule has 0 fully saturated rings. The maximum atomic E-state index is 12.2. The summed E-state index contributed by atoms with van der Waals surface area (Å²) in [5.41, 5.74) is 2.48. The van der Waals surface area contributed by atoms with Gasteiger partial charge in [-0.05, 0) is 45.4 Å². The Hall–Kier alpha value is -2.69. The Morgan fingerprint density at radius 2 is 1.71 bits per heavy atom. The summed E-state index contributed by atoms with van der Waals surface area (Å²) in [5, 5.41) is 5.68. The van der Waals surface area contributed by atoms with Crippen LogP contribution in [-0.2, 0) is 6.54 Å². The van der Waals surface area contributed by atoms with Gasteiger partial charge in [0, 0.05) is 23.8 Å². The van der Waals surface area contributed by atoms with Crippen molar-refractivity contribution in [3.05, 3.63) is 65.0 Å². The molecule has 5 nitrogen and oxygen atoms in total. The maximum absolute atomic E-state index is 12.2. The highest BCUT2D eigenvalue weighted by Crippen LogP contribution is 2.07. The number of aromatic nitrogens is 1. The Labute approximate surface area is 142 Å². The summed E-state index contributed by atoms with van der Waals surface area (Å²) in [7, 11) is 0. The van der Waals surface area contributed by atoms with E-state index in [0.29, 0.717) is 12.1 Å². The smallest absolute Gasteiger partial charge is 0.270 e. The highest BCUT2D eigenvalue weighted by atomic mass is 16.2. The Morgan fingerprint density at radius 3 is 2.33 bits per heavy atom. The fourth-order valence-electron chi connectivity index (χ4n) is 2.09. The van der Waals surface area contributed by atoms with Gasteiger partial charge < -0.3 is 10.6 Å². The van der Waals surface area contributed by atoms with Crippen LogP contribution in [0.25, 0.3) is 0 Å². The van der Waals surface area contributed by atoms with Gasteiger partial charge in [-0.15, -0.1) is 0 Å². The maximum Gasteiger partial charge on any atom is 0.270 e. The normalized spacial score (nSPS) is 11.0. The van der Waals surface area contributed by atoms with E-state index < -0.39 is 0 Å². The summed E-state index contributed by atoms with van der Waals surface area (Å²) in [6, 6.07) is 11.0. The number of hydrogen-bond acceptors (Lipinski definition) is 3. The van der Waals surface area contributed by atoms with Crippen molar-refractivity contribution in [3.8, 4) is 0 Å². The number of pyridine rings is 1. The second-order valence-electron chi connectivity index (χ2n) is 6.80. The fourth-order valence-corrected chi connectivity index (χ4v) is 2.09. The average Bonchev–Trinajstić information content (AvgIpc) is 2.52. The van der Waals surface area contributed by atoms with Crippen LogP contribution in [0, 0.1) is 6.92 Å². The summed E-state index contributed by atoms with van der Waals surface area (Å²) in [4.78, 5) is 28.5. The number of carbonyl (C=O) groups excluding carboxylic acids is 2. The molecule has 0 saturated carbocycles. The molecule has 2 amide bonds. The predicted molar refractivity (Wildman–Crippen MR) is 93.8 cm³/mol. The van der Waals surface area contributed by atoms with Gasteiger partial charge in [-0.2, -0.15) is 0 Å². The molecular formula is C19H23N3O2. The van der Waals surface area contributed by atoms with Crippen molar-refractivity contribution in [2.75, 3.05) is 0 Å². The number of amides is 2. The predicted octanol–water partition coefficient (Wildman–Crippen LogP) is 2.85. The first-order chi connectivity index (χ1) is 11.2. The van der Waals surface area contributed by atoms with Crippen LogP contribution in [0.2, 0.25) is 0 Å². The number of rotatable bonds is 4. The number of hydrogen-bond donors (Lipinski definition) is 2. The van der Waals surface area contributed by atoms with Gasteiger partial charge in [0.2, 0.25) is 0 Å². The van der Waals surface area contributed by atoms with Crippen molar-refractivity contribution in [2.24, 2.45) is 0 Å². The molecule has 1 aromatic heterocycles. The van der Waals surface area contributed by atoms with Gasteiger partial charge in [0.15, 0.2) is 0 Å². The van der Waals surface area contributed by atoms with E-state index in [-0.39, 0.29) is 23.0 Å². The van der Waals surface area contributed by atoms with E-state index in [1.165, 1.54) is 17.8 Å². The number of nitrogens with zero attached hydrogens (tertiary/aromatic N) is 1. The Balaban J connectivity index is 2.03. The highest BCUT2D eigenvalue weighted by molar-refractivity contribution is 5.98. The van der Waals surface area contributed by atoms with Gasteiger partial charge in [-0.25, -0.2) is 0 Å². The van der Waals surface area contributed by atoms with Crippen molar-refractivity contribution in [2.45, 2.75) is 39.8 Å². The second-order valence-corrected chi connectivity index (χ2v) is 6.80. The number of aryl methyl sites for hydroxylation is 1. The Kier molecular flexibility index (Phi) is 5.34. The van der Waals surface area contributed by atoms with E-state index in [2.05, 4.69) is 15.6 Å². The van der Waals surface area contributed by atoms with Crippen LogP contribution in [-0.4, -0.2) is 22.3 Å². The zero-order valence-corrected chi connectivity index (χ0v) is 14.5. The number of carbonyl (C=O) groups is 2. The highest BCUT2D eigenvalue weighted by Gasteiger charge is 2.17. The van der Waals surface area contributed by atoms with Crippen LogP contribution in [0.3, 0.4) is 0 Å². The van der Waals surface area contributed by atoms with Crippen LogP contribution in [0.1, 0.15) is 52.7 Å². The zero-order valence-electron chi connectivity index (χ0n) is 14.5. The molecule has 0 saturated heterocycles. The largest absolute Gasteiger partial charge is 0.347 e. The quantitative estimate of drug-likeness (QED) is 0.908. The van der Waals surface area contributed by atoms with Gasteiger partial charge in [0.25, 0.3) is 11.8 Å². The van der Waals surface area contributed by atoms with Crippen molar-refractivity contribution in [1.82, 2.24) is 15.6 Å². The van der Waals surface area contributed by atoms with Gasteiger partial charge in [0.05, 0.1) is 0 Å². The molecule has 0 spiro atoms. The monoisotopic (exact) mass is 325 g/mol. The van der Waals surface area contributed by atoms with E-state index >= 15 is 0 Å². The molecule has 0 unspecified atom stereocenters. The van der Waals surface area contributed by atoms with E-state index in [1.54, 1.807) is 6.07 Å². The van der Waals surface area contributed by atoms with Gasteiger partial charge in [-0.3, -0.25) is 14.6 Å². The minimum Gasteiger partial charge on any atom is -0.347 e. The lowest BCUT2D eigenvalue weighted by Crippen LogP contribution is -2.40. The van der Waals surface area contributed by atoms with E-state index in [0.717, 1.165) is 5.56 Å². The van der Waals surface area contributed by atoms with Crippen molar-refractivity contribution in [3.63, 3.8) is 0 Å². The first-order valence-corrected chi connectivity index (χ1v) is 7.87. The first-order valence-electron chi connectivity index (χ1n) is 7.87. The summed E-state index contributed by atoms with van der Waals surface area (Å²) >= 11 is 0. The molecule has 2 aromatic rings. The molecule has 126 valence electrons. The molecule has 24 heavy (non-hydrogen) atoms. The lowest BCUT2D eigenvalue weighted by atomic mass is 10.1. The van der Waals surface area contributed by atoms with Crippen LogP contribution in [0.5, 0.6) is 0 Å². The van der Waals surface area contributed by atoms with Crippen LogP contribution < -0.4 is 10.6 Å². The summed E-state index contributed by atoms with van der Waals surface area (Å²) in [5.74, 6) is -0.529. The standard InChI is InChI=1S/C19H23N3O2/c1-13-5-7-14(8-6-13)12-21-18(24)16-11-15(9-10-20-16)17(23)22-19(2,3)4/h5-11H,12H2,1-4H3,(H,21,24)(H,22,23). The molecule has 2 N–H and O–H groups in total. The third-order valence-corrected chi connectivity index (χ3v) is 3.32. The molecule has 0 aliphatic carbocycles. The second kappa shape index (κ2) is 7.25. The summed E-state index contributed by atoms with van der Waals surface area (Å²) < 4.78 is 0. The van der Waals surface area contributed by atoms with Crippen LogP contribution in [0.4, 0.5) is 0 Å². The molecule has 5 heteroatoms. The minimum absolute atomic E-state index is 0.225. The Bertz CT molecular complexity index is 731. The molecule has 0 radical (unpaired) electrons. The van der Waals surface area contributed by atoms with E-state index in [1.807, 2.05) is 52.0 Å². The SMILES string of the molecule is Cc1ccc(CNC(=O)c2cc(C(=O)NC(C)(C)C)ccn2)cc1. The topological polar surface area (TPSA) is 71.1 Å². The fraction of sp³-hybridized carbons (Fsp3) is 0.316. The molecule has 1 aromatic carbocycles. The average molecular weight is 325 g/mol. The molecule has 0 aliphatic rings. The lowest BCUT2D eigenvalue weighted by Gasteiger charge is -2.20. The molecule has 1 heterocycles. The molecule has 0 atom stereocenters. The van der Waals surface area contributed by atoms with Crippen molar-refractivity contribution < 1.29 is 9.59 Å². The third-order valence-electron chi connectivity index (χ3n) is 3.32.